The van der Waals surface area contributed by atoms with Gasteiger partial charge in [0.05, 0.1) is 5.54 Å². The van der Waals surface area contributed by atoms with Gasteiger partial charge in [-0.2, -0.15) is 11.8 Å². The summed E-state index contributed by atoms with van der Waals surface area (Å²) in [7, 11) is 0. The molecule has 4 heteroatoms. The summed E-state index contributed by atoms with van der Waals surface area (Å²) in [6, 6.07) is 0.275. The van der Waals surface area contributed by atoms with E-state index in [0.29, 0.717) is 0 Å². The maximum Gasteiger partial charge on any atom is 0.237 e. The molecule has 3 nitrogen and oxygen atoms in total. The molecule has 3 N–H and O–H groups in total. The molecular weight excluding hydrogens is 244 g/mol. The summed E-state index contributed by atoms with van der Waals surface area (Å²) in [6.45, 7) is 10.5. The Hall–Kier alpha value is -0.220. The van der Waals surface area contributed by atoms with E-state index in [-0.39, 0.29) is 11.9 Å². The number of rotatable bonds is 10. The molecule has 0 aromatic rings. The zero-order valence-corrected chi connectivity index (χ0v) is 13.4. The van der Waals surface area contributed by atoms with E-state index in [4.69, 9.17) is 5.73 Å². The molecule has 0 saturated heterocycles. The first-order valence-corrected chi connectivity index (χ1v) is 8.06. The fraction of sp³-hybridized carbons (Fsp3) is 0.929. The minimum atomic E-state index is -0.560. The quantitative estimate of drug-likeness (QED) is 0.602. The zero-order chi connectivity index (χ0) is 14.2. The van der Waals surface area contributed by atoms with Crippen LogP contribution < -0.4 is 11.1 Å². The first kappa shape index (κ1) is 17.8. The topological polar surface area (TPSA) is 55.1 Å². The number of carbonyl (C=O) groups is 1. The van der Waals surface area contributed by atoms with E-state index >= 15 is 0 Å². The lowest BCUT2D eigenvalue weighted by Gasteiger charge is -2.29. The van der Waals surface area contributed by atoms with Crippen LogP contribution in [0.1, 0.15) is 60.3 Å². The minimum Gasteiger partial charge on any atom is -0.368 e. The van der Waals surface area contributed by atoms with E-state index in [1.54, 1.807) is 0 Å². The van der Waals surface area contributed by atoms with Gasteiger partial charge in [0.15, 0.2) is 0 Å². The van der Waals surface area contributed by atoms with Crippen molar-refractivity contribution in [3.63, 3.8) is 0 Å². The van der Waals surface area contributed by atoms with Crippen molar-refractivity contribution in [2.45, 2.75) is 77.1 Å². The minimum absolute atomic E-state index is 0.245. The summed E-state index contributed by atoms with van der Waals surface area (Å²) in [6.07, 6.45) is 4.24. The van der Waals surface area contributed by atoms with Gasteiger partial charge in [0.25, 0.3) is 0 Å². The van der Waals surface area contributed by atoms with Crippen LogP contribution in [0.2, 0.25) is 0 Å². The van der Waals surface area contributed by atoms with Gasteiger partial charge in [-0.25, -0.2) is 0 Å². The first-order chi connectivity index (χ1) is 8.31. The van der Waals surface area contributed by atoms with E-state index in [9.17, 15) is 4.79 Å². The predicted octanol–water partition coefficient (Wildman–Crippen LogP) is 2.93. The number of nitrogens with one attached hydrogen (secondary N) is 1. The summed E-state index contributed by atoms with van der Waals surface area (Å²) >= 11 is 2.01. The normalized spacial score (nSPS) is 16.6. The number of nitrogens with two attached hydrogens (primary N) is 1. The molecule has 0 heterocycles. The van der Waals surface area contributed by atoms with Crippen molar-refractivity contribution in [2.24, 2.45) is 5.73 Å². The second kappa shape index (κ2) is 8.81. The van der Waals surface area contributed by atoms with Crippen molar-refractivity contribution in [3.8, 4) is 0 Å². The molecule has 0 aliphatic rings. The van der Waals surface area contributed by atoms with Crippen LogP contribution in [0.15, 0.2) is 0 Å². The molecule has 108 valence electrons. The molecule has 0 rings (SSSR count). The molecule has 0 aliphatic heterocycles. The highest BCUT2D eigenvalue weighted by Gasteiger charge is 2.30. The van der Waals surface area contributed by atoms with Crippen LogP contribution >= 0.6 is 11.8 Å². The Morgan fingerprint density at radius 3 is 2.39 bits per heavy atom. The van der Waals surface area contributed by atoms with Gasteiger partial charge >= 0.3 is 0 Å². The monoisotopic (exact) mass is 274 g/mol. The van der Waals surface area contributed by atoms with Crippen molar-refractivity contribution < 1.29 is 4.79 Å². The Labute approximate surface area is 117 Å². The van der Waals surface area contributed by atoms with Crippen LogP contribution in [0.4, 0.5) is 0 Å². The van der Waals surface area contributed by atoms with Gasteiger partial charge in [0.2, 0.25) is 5.91 Å². The van der Waals surface area contributed by atoms with Gasteiger partial charge in [0, 0.05) is 11.3 Å². The fourth-order valence-electron chi connectivity index (χ4n) is 1.89. The second-order valence-electron chi connectivity index (χ2n) is 5.54. The molecule has 0 bridgehead atoms. The summed E-state index contributed by atoms with van der Waals surface area (Å²) in [5, 5.41) is 4.02. The van der Waals surface area contributed by atoms with Crippen molar-refractivity contribution in [1.29, 1.82) is 0 Å². The number of thioether (sulfide) groups is 1. The Kier molecular flexibility index (Phi) is 8.70. The molecule has 0 aromatic heterocycles. The number of hydrogen-bond donors (Lipinski definition) is 2. The largest absolute Gasteiger partial charge is 0.368 e. The SMILES string of the molecule is CCC(C)SCCCCC(C)(NC(C)C)C(N)=O. The Balaban J connectivity index is 3.95. The summed E-state index contributed by atoms with van der Waals surface area (Å²) in [4.78, 5) is 11.5. The molecule has 2 atom stereocenters. The van der Waals surface area contributed by atoms with Crippen molar-refractivity contribution in [1.82, 2.24) is 5.32 Å². The van der Waals surface area contributed by atoms with Crippen LogP contribution in [-0.2, 0) is 4.79 Å². The number of hydrogen-bond acceptors (Lipinski definition) is 3. The number of amides is 1. The van der Waals surface area contributed by atoms with Crippen LogP contribution in [-0.4, -0.2) is 28.5 Å². The molecule has 0 aromatic carbocycles. The molecule has 0 radical (unpaired) electrons. The maximum atomic E-state index is 11.5. The van der Waals surface area contributed by atoms with Crippen molar-refractivity contribution >= 4 is 17.7 Å². The highest BCUT2D eigenvalue weighted by Crippen LogP contribution is 2.19. The van der Waals surface area contributed by atoms with E-state index in [1.165, 1.54) is 12.2 Å². The van der Waals surface area contributed by atoms with Crippen LogP contribution in [0.5, 0.6) is 0 Å². The fourth-order valence-corrected chi connectivity index (χ4v) is 2.90. The smallest absolute Gasteiger partial charge is 0.237 e. The molecule has 0 spiro atoms. The van der Waals surface area contributed by atoms with Gasteiger partial charge in [-0.3, -0.25) is 4.79 Å². The van der Waals surface area contributed by atoms with Crippen molar-refractivity contribution in [3.05, 3.63) is 0 Å². The summed E-state index contributed by atoms with van der Waals surface area (Å²) < 4.78 is 0. The van der Waals surface area contributed by atoms with Crippen LogP contribution in [0.3, 0.4) is 0 Å². The maximum absolute atomic E-state index is 11.5. The molecule has 0 saturated carbocycles. The molecule has 1 amide bonds. The van der Waals surface area contributed by atoms with E-state index in [1.807, 2.05) is 32.5 Å². The van der Waals surface area contributed by atoms with E-state index in [0.717, 1.165) is 24.5 Å². The standard InChI is InChI=1S/C14H30N2OS/c1-6-12(4)18-10-8-7-9-14(5,13(15)17)16-11(2)3/h11-12,16H,6-10H2,1-5H3,(H2,15,17). The Morgan fingerprint density at radius 1 is 1.33 bits per heavy atom. The zero-order valence-electron chi connectivity index (χ0n) is 12.6. The van der Waals surface area contributed by atoms with Crippen molar-refractivity contribution in [2.75, 3.05) is 5.75 Å². The van der Waals surface area contributed by atoms with Gasteiger partial charge < -0.3 is 11.1 Å². The third kappa shape index (κ3) is 7.27. The lowest BCUT2D eigenvalue weighted by atomic mass is 9.93. The first-order valence-electron chi connectivity index (χ1n) is 7.01. The van der Waals surface area contributed by atoms with Crippen LogP contribution in [0, 0.1) is 0 Å². The summed E-state index contributed by atoms with van der Waals surface area (Å²) in [5.74, 6) is 0.928. The average molecular weight is 274 g/mol. The predicted molar refractivity (Wildman–Crippen MR) is 81.9 cm³/mol. The molecule has 2 unspecified atom stereocenters. The van der Waals surface area contributed by atoms with Gasteiger partial charge in [-0.15, -0.1) is 0 Å². The summed E-state index contributed by atoms with van der Waals surface area (Å²) in [5.41, 5.74) is 4.94. The number of primary amides is 1. The highest BCUT2D eigenvalue weighted by atomic mass is 32.2. The molecule has 0 fully saturated rings. The molecular formula is C14H30N2OS. The van der Waals surface area contributed by atoms with E-state index < -0.39 is 5.54 Å². The third-order valence-corrected chi connectivity index (χ3v) is 4.63. The lowest BCUT2D eigenvalue weighted by Crippen LogP contribution is -2.55. The highest BCUT2D eigenvalue weighted by molar-refractivity contribution is 7.99. The number of unbranched alkanes of at least 4 members (excludes halogenated alkanes) is 1. The Bertz CT molecular complexity index is 246. The Morgan fingerprint density at radius 2 is 1.94 bits per heavy atom. The van der Waals surface area contributed by atoms with E-state index in [2.05, 4.69) is 19.2 Å². The van der Waals surface area contributed by atoms with Crippen LogP contribution in [0.25, 0.3) is 0 Å². The van der Waals surface area contributed by atoms with Gasteiger partial charge in [0.1, 0.15) is 0 Å². The second-order valence-corrected chi connectivity index (χ2v) is 7.09. The van der Waals surface area contributed by atoms with Gasteiger partial charge in [-0.05, 0) is 45.8 Å². The van der Waals surface area contributed by atoms with Gasteiger partial charge in [-0.1, -0.05) is 20.3 Å². The number of carbonyl (C=O) groups excluding carboxylic acids is 1. The average Bonchev–Trinajstić information content (AvgIpc) is 2.27. The third-order valence-electron chi connectivity index (χ3n) is 3.20. The molecule has 18 heavy (non-hydrogen) atoms. The lowest BCUT2D eigenvalue weighted by molar-refractivity contribution is -0.124. The molecule has 0 aliphatic carbocycles.